The molecule has 1 aliphatic heterocycles. The molecule has 0 saturated carbocycles. The Bertz CT molecular complexity index is 631. The van der Waals surface area contributed by atoms with Gasteiger partial charge in [-0.25, -0.2) is 9.78 Å². The van der Waals surface area contributed by atoms with Crippen LogP contribution in [0.5, 0.6) is 0 Å². The van der Waals surface area contributed by atoms with Gasteiger partial charge in [0.05, 0.1) is 0 Å². The van der Waals surface area contributed by atoms with Crippen molar-refractivity contribution in [1.29, 1.82) is 0 Å². The lowest BCUT2D eigenvalue weighted by atomic mass is 10.3. The Kier molecular flexibility index (Phi) is 6.89. The molecule has 1 saturated heterocycles. The van der Waals surface area contributed by atoms with Crippen LogP contribution in [0.4, 0.5) is 10.8 Å². The maximum atomic E-state index is 10.3. The summed E-state index contributed by atoms with van der Waals surface area (Å²) in [7, 11) is 0. The summed E-state index contributed by atoms with van der Waals surface area (Å²) in [6, 6.07) is 8.33. The van der Waals surface area contributed by atoms with Gasteiger partial charge in [-0.3, -0.25) is 0 Å². The van der Waals surface area contributed by atoms with Crippen LogP contribution in [-0.4, -0.2) is 29.9 Å². The predicted octanol–water partition coefficient (Wildman–Crippen LogP) is 3.99. The normalized spacial score (nSPS) is 15.2. The van der Waals surface area contributed by atoms with E-state index in [0.29, 0.717) is 0 Å². The largest absolute Gasteiger partial charge is 0.432 e. The molecular formula is C16H21N3O3S2. The zero-order valence-corrected chi connectivity index (χ0v) is 15.5. The summed E-state index contributed by atoms with van der Waals surface area (Å²) in [6.07, 6.45) is 1.79. The monoisotopic (exact) mass is 367 g/mol. The van der Waals surface area contributed by atoms with E-state index in [-0.39, 0.29) is 12.6 Å². The molecule has 24 heavy (non-hydrogen) atoms. The zero-order chi connectivity index (χ0) is 17.4. The molecule has 3 rings (SSSR count). The molecule has 2 heterocycles. The number of cyclic esters (lactones) is 1. The van der Waals surface area contributed by atoms with Crippen molar-refractivity contribution in [3.05, 3.63) is 35.8 Å². The predicted molar refractivity (Wildman–Crippen MR) is 98.3 cm³/mol. The molecule has 1 aromatic carbocycles. The number of benzene rings is 1. The van der Waals surface area contributed by atoms with Crippen molar-refractivity contribution in [2.24, 2.45) is 0 Å². The number of carbonyl (C=O) groups excluding carboxylic acids is 1. The summed E-state index contributed by atoms with van der Waals surface area (Å²) >= 11 is 3.17. The van der Waals surface area contributed by atoms with Gasteiger partial charge in [-0.05, 0) is 43.1 Å². The highest BCUT2D eigenvalue weighted by Gasteiger charge is 2.31. The fraction of sp³-hybridized carbons (Fsp3) is 0.375. The van der Waals surface area contributed by atoms with Gasteiger partial charge in [-0.2, -0.15) is 0 Å². The van der Waals surface area contributed by atoms with E-state index in [1.807, 2.05) is 5.38 Å². The average molecular weight is 367 g/mol. The molecule has 2 N–H and O–H groups in total. The molecule has 0 bridgehead atoms. The van der Waals surface area contributed by atoms with Crippen molar-refractivity contribution >= 4 is 40.1 Å². The minimum Gasteiger partial charge on any atom is -0.432 e. The molecule has 0 aliphatic carbocycles. The van der Waals surface area contributed by atoms with Crippen LogP contribution in [0.3, 0.4) is 0 Å². The van der Waals surface area contributed by atoms with Gasteiger partial charge >= 0.3 is 5.97 Å². The zero-order valence-electron chi connectivity index (χ0n) is 13.9. The van der Waals surface area contributed by atoms with Gasteiger partial charge in [0.15, 0.2) is 5.13 Å². The standard InChI is InChI=1S/C11H13N3S2.C5H8O3/c1-2-12-9-3-5-10(6-4-9)16-14-11-13-7-8-15-11;1-5(2)7-3-4(6)8-5/h3-8,12H,2H2,1H3,(H,13,14);3H2,1-2H3. The number of aromatic nitrogens is 1. The fourth-order valence-electron chi connectivity index (χ4n) is 1.79. The maximum absolute atomic E-state index is 10.3. The van der Waals surface area contributed by atoms with Crippen LogP contribution < -0.4 is 10.0 Å². The summed E-state index contributed by atoms with van der Waals surface area (Å²) in [5.74, 6) is -0.966. The lowest BCUT2D eigenvalue weighted by Crippen LogP contribution is -2.19. The molecule has 0 spiro atoms. The third-order valence-corrected chi connectivity index (χ3v) is 4.44. The molecule has 0 radical (unpaired) electrons. The van der Waals surface area contributed by atoms with Crippen LogP contribution in [0.2, 0.25) is 0 Å². The van der Waals surface area contributed by atoms with Gasteiger partial charge in [0.25, 0.3) is 0 Å². The Balaban J connectivity index is 0.000000219. The molecule has 0 atom stereocenters. The van der Waals surface area contributed by atoms with E-state index in [1.54, 1.807) is 43.3 Å². The van der Waals surface area contributed by atoms with E-state index in [2.05, 4.69) is 50.9 Å². The first-order valence-corrected chi connectivity index (χ1v) is 9.20. The minimum atomic E-state index is -0.683. The van der Waals surface area contributed by atoms with Crippen LogP contribution >= 0.6 is 23.3 Å². The van der Waals surface area contributed by atoms with Crippen molar-refractivity contribution in [1.82, 2.24) is 4.98 Å². The number of hydrogen-bond donors (Lipinski definition) is 2. The second-order valence-corrected chi connectivity index (χ2v) is 7.03. The van der Waals surface area contributed by atoms with Crippen molar-refractivity contribution in [2.75, 3.05) is 23.2 Å². The number of nitrogens with zero attached hydrogens (tertiary/aromatic N) is 1. The number of ether oxygens (including phenoxy) is 2. The number of carbonyl (C=O) groups is 1. The van der Waals surface area contributed by atoms with Crippen molar-refractivity contribution in [2.45, 2.75) is 31.5 Å². The summed E-state index contributed by atoms with van der Waals surface area (Å²) < 4.78 is 12.8. The van der Waals surface area contributed by atoms with Gasteiger partial charge in [0.1, 0.15) is 6.61 Å². The first-order chi connectivity index (χ1) is 11.5. The van der Waals surface area contributed by atoms with Gasteiger partial charge in [-0.1, -0.05) is 0 Å². The number of anilines is 2. The van der Waals surface area contributed by atoms with Gasteiger partial charge < -0.3 is 19.5 Å². The molecule has 1 aliphatic rings. The smallest absolute Gasteiger partial charge is 0.334 e. The Labute approximate surface area is 150 Å². The Morgan fingerprint density at radius 1 is 1.33 bits per heavy atom. The highest BCUT2D eigenvalue weighted by atomic mass is 32.2. The van der Waals surface area contributed by atoms with E-state index in [4.69, 9.17) is 4.74 Å². The third kappa shape index (κ3) is 6.38. The number of thiazole rings is 1. The van der Waals surface area contributed by atoms with Crippen molar-refractivity contribution < 1.29 is 14.3 Å². The number of nitrogens with one attached hydrogen (secondary N) is 2. The molecule has 2 aromatic rings. The van der Waals surface area contributed by atoms with Crippen LogP contribution in [0.25, 0.3) is 0 Å². The molecular weight excluding hydrogens is 346 g/mol. The summed E-state index contributed by atoms with van der Waals surface area (Å²) in [5.41, 5.74) is 1.15. The second kappa shape index (κ2) is 8.91. The van der Waals surface area contributed by atoms with Crippen LogP contribution in [0.15, 0.2) is 40.7 Å². The Hall–Kier alpha value is -1.77. The summed E-state index contributed by atoms with van der Waals surface area (Å²) in [5, 5.41) is 6.15. The summed E-state index contributed by atoms with van der Waals surface area (Å²) in [6.45, 7) is 6.54. The first kappa shape index (κ1) is 18.6. The minimum absolute atomic E-state index is 0.0903. The van der Waals surface area contributed by atoms with Gasteiger partial charge in [0.2, 0.25) is 5.79 Å². The lowest BCUT2D eigenvalue weighted by Gasteiger charge is -2.13. The van der Waals surface area contributed by atoms with Crippen LogP contribution in [-0.2, 0) is 14.3 Å². The molecule has 0 amide bonds. The molecule has 8 heteroatoms. The molecule has 1 aromatic heterocycles. The highest BCUT2D eigenvalue weighted by Crippen LogP contribution is 2.23. The Morgan fingerprint density at radius 3 is 2.54 bits per heavy atom. The molecule has 0 unspecified atom stereocenters. The van der Waals surface area contributed by atoms with Crippen molar-refractivity contribution in [3.63, 3.8) is 0 Å². The lowest BCUT2D eigenvalue weighted by molar-refractivity contribution is -0.159. The number of esters is 1. The number of rotatable bonds is 5. The van der Waals surface area contributed by atoms with E-state index < -0.39 is 5.79 Å². The van der Waals surface area contributed by atoms with E-state index in [9.17, 15) is 4.79 Å². The third-order valence-electron chi connectivity index (χ3n) is 2.82. The average Bonchev–Trinajstić information content (AvgIpc) is 3.17. The fourth-order valence-corrected chi connectivity index (χ4v) is 3.01. The van der Waals surface area contributed by atoms with E-state index >= 15 is 0 Å². The second-order valence-electron chi connectivity index (χ2n) is 5.26. The molecule has 6 nitrogen and oxygen atoms in total. The van der Waals surface area contributed by atoms with Crippen molar-refractivity contribution in [3.8, 4) is 0 Å². The summed E-state index contributed by atoms with van der Waals surface area (Å²) in [4.78, 5) is 15.6. The topological polar surface area (TPSA) is 72.5 Å². The van der Waals surface area contributed by atoms with Crippen LogP contribution in [0, 0.1) is 0 Å². The maximum Gasteiger partial charge on any atom is 0.334 e. The van der Waals surface area contributed by atoms with Gasteiger partial charge in [0, 0.05) is 42.6 Å². The van der Waals surface area contributed by atoms with Gasteiger partial charge in [-0.15, -0.1) is 11.3 Å². The Morgan fingerprint density at radius 2 is 2.08 bits per heavy atom. The highest BCUT2D eigenvalue weighted by molar-refractivity contribution is 8.00. The quantitative estimate of drug-likeness (QED) is 0.611. The number of hydrogen-bond acceptors (Lipinski definition) is 8. The first-order valence-electron chi connectivity index (χ1n) is 7.50. The SMILES string of the molecule is CC1(C)OCC(=O)O1.CCNc1ccc(SNc2nccs2)cc1. The molecule has 130 valence electrons. The van der Waals surface area contributed by atoms with E-state index in [1.165, 1.54) is 4.90 Å². The molecule has 1 fully saturated rings. The van der Waals surface area contributed by atoms with Crippen LogP contribution in [0.1, 0.15) is 20.8 Å². The van der Waals surface area contributed by atoms with E-state index in [0.717, 1.165) is 17.4 Å².